The average molecular weight is 427 g/mol. The Kier molecular flexibility index (Phi) is 5.61. The zero-order chi connectivity index (χ0) is 22.0. The number of carbonyl (C=O) groups excluding carboxylic acids is 2. The Morgan fingerprint density at radius 2 is 2.03 bits per heavy atom. The van der Waals surface area contributed by atoms with E-state index >= 15 is 0 Å². The highest BCUT2D eigenvalue weighted by Gasteiger charge is 2.31. The van der Waals surface area contributed by atoms with Crippen LogP contribution in [0.1, 0.15) is 16.1 Å². The molecule has 0 aliphatic carbocycles. The average Bonchev–Trinajstić information content (AvgIpc) is 3.09. The van der Waals surface area contributed by atoms with Crippen LogP contribution in [0.25, 0.3) is 0 Å². The molecule has 0 bridgehead atoms. The SMILES string of the molecule is CN1C(=O)[C@@H](CNC(=O)c2nn(Cc3ccc(F)cc3)cc2F)COc2cccnc21. The van der Waals surface area contributed by atoms with Crippen molar-refractivity contribution in [1.82, 2.24) is 20.1 Å². The quantitative estimate of drug-likeness (QED) is 0.673. The Hall–Kier alpha value is -3.82. The van der Waals surface area contributed by atoms with Crippen LogP contribution >= 0.6 is 0 Å². The van der Waals surface area contributed by atoms with Gasteiger partial charge in [-0.3, -0.25) is 19.2 Å². The summed E-state index contributed by atoms with van der Waals surface area (Å²) in [5.74, 6) is -2.00. The van der Waals surface area contributed by atoms with Crippen molar-refractivity contribution >= 4 is 17.6 Å². The lowest BCUT2D eigenvalue weighted by atomic mass is 10.1. The Morgan fingerprint density at radius 3 is 2.81 bits per heavy atom. The van der Waals surface area contributed by atoms with E-state index in [1.165, 1.54) is 21.7 Å². The Labute approximate surface area is 176 Å². The monoisotopic (exact) mass is 427 g/mol. The van der Waals surface area contributed by atoms with Crippen LogP contribution in [0.4, 0.5) is 14.6 Å². The van der Waals surface area contributed by atoms with Gasteiger partial charge in [0.2, 0.25) is 5.91 Å². The fraction of sp³-hybridized carbons (Fsp3) is 0.238. The van der Waals surface area contributed by atoms with Gasteiger partial charge in [-0.15, -0.1) is 0 Å². The van der Waals surface area contributed by atoms with Gasteiger partial charge in [0, 0.05) is 19.8 Å². The molecule has 2 amide bonds. The number of carbonyl (C=O) groups is 2. The fourth-order valence-corrected chi connectivity index (χ4v) is 3.24. The zero-order valence-corrected chi connectivity index (χ0v) is 16.6. The third-order valence-corrected chi connectivity index (χ3v) is 4.89. The van der Waals surface area contributed by atoms with Crippen LogP contribution in [-0.2, 0) is 11.3 Å². The Balaban J connectivity index is 1.40. The van der Waals surface area contributed by atoms with Gasteiger partial charge in [-0.1, -0.05) is 12.1 Å². The van der Waals surface area contributed by atoms with Gasteiger partial charge < -0.3 is 10.1 Å². The van der Waals surface area contributed by atoms with Crippen LogP contribution in [0.3, 0.4) is 0 Å². The molecule has 0 saturated carbocycles. The second-order valence-electron chi connectivity index (χ2n) is 7.09. The molecular formula is C21H19F2N5O3. The van der Waals surface area contributed by atoms with Crippen molar-refractivity contribution in [1.29, 1.82) is 0 Å². The molecule has 2 aromatic heterocycles. The smallest absolute Gasteiger partial charge is 0.274 e. The molecule has 1 N–H and O–H groups in total. The fourth-order valence-electron chi connectivity index (χ4n) is 3.24. The number of ether oxygens (including phenoxy) is 1. The second kappa shape index (κ2) is 8.50. The van der Waals surface area contributed by atoms with Crippen molar-refractivity contribution < 1.29 is 23.1 Å². The minimum absolute atomic E-state index is 0.0453. The summed E-state index contributed by atoms with van der Waals surface area (Å²) in [5, 5.41) is 6.52. The van der Waals surface area contributed by atoms with Crippen LogP contribution in [0.2, 0.25) is 0 Å². The van der Waals surface area contributed by atoms with Crippen molar-refractivity contribution in [3.05, 3.63) is 71.7 Å². The summed E-state index contributed by atoms with van der Waals surface area (Å²) in [6.45, 7) is 0.166. The number of nitrogens with one attached hydrogen (secondary N) is 1. The van der Waals surface area contributed by atoms with E-state index in [0.29, 0.717) is 17.1 Å². The van der Waals surface area contributed by atoms with Crippen LogP contribution < -0.4 is 15.0 Å². The standard InChI is InChI=1S/C21H19F2N5O3/c1-27-19-17(3-2-8-24-19)31-12-14(21(27)30)9-25-20(29)18-16(23)11-28(26-18)10-13-4-6-15(22)7-5-13/h2-8,11,14H,9-10,12H2,1H3,(H,25,29)/t14-/m0/s1. The minimum atomic E-state index is -0.795. The van der Waals surface area contributed by atoms with E-state index in [-0.39, 0.29) is 37.1 Å². The lowest BCUT2D eigenvalue weighted by Crippen LogP contribution is -2.41. The molecule has 31 heavy (non-hydrogen) atoms. The van der Waals surface area contributed by atoms with Crippen LogP contribution in [-0.4, -0.2) is 46.8 Å². The summed E-state index contributed by atoms with van der Waals surface area (Å²) in [4.78, 5) is 30.7. The zero-order valence-electron chi connectivity index (χ0n) is 16.6. The highest BCUT2D eigenvalue weighted by Crippen LogP contribution is 2.28. The van der Waals surface area contributed by atoms with Crippen molar-refractivity contribution in [3.8, 4) is 5.75 Å². The van der Waals surface area contributed by atoms with E-state index in [9.17, 15) is 18.4 Å². The highest BCUT2D eigenvalue weighted by molar-refractivity contribution is 5.97. The van der Waals surface area contributed by atoms with Gasteiger partial charge in [-0.05, 0) is 29.8 Å². The highest BCUT2D eigenvalue weighted by atomic mass is 19.1. The largest absolute Gasteiger partial charge is 0.489 e. The molecule has 1 atom stereocenters. The summed E-state index contributed by atoms with van der Waals surface area (Å²) in [6.07, 6.45) is 2.65. The first-order valence-corrected chi connectivity index (χ1v) is 9.53. The number of rotatable bonds is 5. The van der Waals surface area contributed by atoms with Crippen molar-refractivity contribution in [2.24, 2.45) is 5.92 Å². The number of benzene rings is 1. The number of hydrogen-bond donors (Lipinski definition) is 1. The van der Waals surface area contributed by atoms with Crippen molar-refractivity contribution in [2.75, 3.05) is 25.1 Å². The second-order valence-corrected chi connectivity index (χ2v) is 7.09. The van der Waals surface area contributed by atoms with E-state index in [4.69, 9.17) is 4.74 Å². The maximum atomic E-state index is 14.3. The molecule has 1 aromatic carbocycles. The van der Waals surface area contributed by atoms with Crippen LogP contribution in [0, 0.1) is 17.6 Å². The van der Waals surface area contributed by atoms with E-state index < -0.39 is 17.6 Å². The molecule has 8 nitrogen and oxygen atoms in total. The first kappa shape index (κ1) is 20.5. The minimum Gasteiger partial charge on any atom is -0.489 e. The Bertz CT molecular complexity index is 1120. The first-order chi connectivity index (χ1) is 14.9. The summed E-state index contributed by atoms with van der Waals surface area (Å²) < 4.78 is 34.2. The first-order valence-electron chi connectivity index (χ1n) is 9.53. The molecule has 4 rings (SSSR count). The number of amides is 2. The molecule has 3 heterocycles. The van der Waals surface area contributed by atoms with Gasteiger partial charge >= 0.3 is 0 Å². The molecule has 0 spiro atoms. The van der Waals surface area contributed by atoms with Crippen molar-refractivity contribution in [2.45, 2.75) is 6.54 Å². The number of halogens is 2. The maximum Gasteiger partial charge on any atom is 0.274 e. The van der Waals surface area contributed by atoms with E-state index in [1.807, 2.05) is 0 Å². The van der Waals surface area contributed by atoms with Gasteiger partial charge in [0.15, 0.2) is 23.1 Å². The molecule has 0 unspecified atom stereocenters. The summed E-state index contributed by atoms with van der Waals surface area (Å²) in [7, 11) is 1.58. The van der Waals surface area contributed by atoms with Gasteiger partial charge in [-0.2, -0.15) is 5.10 Å². The van der Waals surface area contributed by atoms with Crippen LogP contribution in [0.5, 0.6) is 5.75 Å². The van der Waals surface area contributed by atoms with Gasteiger partial charge in [-0.25, -0.2) is 13.8 Å². The number of nitrogens with zero attached hydrogens (tertiary/aromatic N) is 4. The molecular weight excluding hydrogens is 408 g/mol. The topological polar surface area (TPSA) is 89.4 Å². The third-order valence-electron chi connectivity index (χ3n) is 4.89. The predicted molar refractivity (Wildman–Crippen MR) is 107 cm³/mol. The number of hydrogen-bond acceptors (Lipinski definition) is 5. The predicted octanol–water partition coefficient (Wildman–Crippen LogP) is 2.01. The van der Waals surface area contributed by atoms with Crippen molar-refractivity contribution in [3.63, 3.8) is 0 Å². The molecule has 0 radical (unpaired) electrons. The molecule has 10 heteroatoms. The van der Waals surface area contributed by atoms with Gasteiger partial charge in [0.25, 0.3) is 5.91 Å². The van der Waals surface area contributed by atoms with Gasteiger partial charge in [0.05, 0.1) is 18.7 Å². The summed E-state index contributed by atoms with van der Waals surface area (Å²) in [5.41, 5.74) is 0.315. The Morgan fingerprint density at radius 1 is 1.26 bits per heavy atom. The third kappa shape index (κ3) is 4.37. The molecule has 0 fully saturated rings. The number of fused-ring (bicyclic) bond motifs is 1. The van der Waals surface area contributed by atoms with Crippen LogP contribution in [0.15, 0.2) is 48.8 Å². The van der Waals surface area contributed by atoms with E-state index in [2.05, 4.69) is 15.4 Å². The lowest BCUT2D eigenvalue weighted by molar-refractivity contribution is -0.122. The van der Waals surface area contributed by atoms with E-state index in [0.717, 1.165) is 6.20 Å². The van der Waals surface area contributed by atoms with Gasteiger partial charge in [0.1, 0.15) is 12.4 Å². The molecule has 3 aromatic rings. The normalized spacial score (nSPS) is 15.8. The molecule has 160 valence electrons. The maximum absolute atomic E-state index is 14.3. The molecule has 0 saturated heterocycles. The number of pyridine rings is 1. The molecule has 1 aliphatic rings. The molecule has 1 aliphatic heterocycles. The number of aromatic nitrogens is 3. The lowest BCUT2D eigenvalue weighted by Gasteiger charge is -2.18. The number of anilines is 1. The summed E-state index contributed by atoms with van der Waals surface area (Å²) in [6, 6.07) is 9.09. The van der Waals surface area contributed by atoms with E-state index in [1.54, 1.807) is 37.5 Å². The summed E-state index contributed by atoms with van der Waals surface area (Å²) >= 11 is 0.